The van der Waals surface area contributed by atoms with Gasteiger partial charge in [0, 0.05) is 55.4 Å². The molecule has 4 aliphatic carbocycles. The van der Waals surface area contributed by atoms with Crippen LogP contribution in [0.3, 0.4) is 0 Å². The Morgan fingerprint density at radius 1 is 0.917 bits per heavy atom. The van der Waals surface area contributed by atoms with Crippen LogP contribution in [0, 0.1) is 40.4 Å². The van der Waals surface area contributed by atoms with Gasteiger partial charge in [0.25, 0.3) is 0 Å². The maximum Gasteiger partial charge on any atom is 1.00 e. The molecule has 7 rings (SSSR count). The van der Waals surface area contributed by atoms with Crippen molar-refractivity contribution in [3.8, 4) is 0 Å². The minimum Gasteiger partial charge on any atom is -0.726 e. The van der Waals surface area contributed by atoms with E-state index in [1.165, 1.54) is 6.07 Å². The number of nitrogens with one attached hydrogen (secondary N) is 1. The SMILES string of the molecule is C=C1C2CCC3C4(C)CC(OC5OC(COC(=O)CCCNS(=O)(=O)c6cccc7c(N(C)C)cccc67)C(OS(=O)(=O)[O-])C(OS(=O)(=O)[O-])C5OC(=O)CC(C)C)CC(C(=O)O)C4CCC3(C2)C1O.[K+].[K+]. The molecule has 2 aromatic carbocycles. The number of aliphatic carboxylic acids is 1. The molecule has 21 nitrogen and oxygen atoms in total. The van der Waals surface area contributed by atoms with Crippen molar-refractivity contribution in [2.45, 2.75) is 133 Å². The molecule has 5 aliphatic rings. The molecule has 2 aromatic rings. The van der Waals surface area contributed by atoms with E-state index in [0.29, 0.717) is 36.5 Å². The van der Waals surface area contributed by atoms with Crippen LogP contribution in [0.25, 0.3) is 10.8 Å². The van der Waals surface area contributed by atoms with Gasteiger partial charge in [-0.1, -0.05) is 51.6 Å². The van der Waals surface area contributed by atoms with E-state index in [0.717, 1.165) is 17.7 Å². The average Bonchev–Trinajstić information content (AvgIpc) is 3.42. The van der Waals surface area contributed by atoms with Gasteiger partial charge in [0.15, 0.2) is 12.4 Å². The number of carbonyl (C=O) groups is 3. The fourth-order valence-electron chi connectivity index (χ4n) is 12.5. The summed E-state index contributed by atoms with van der Waals surface area (Å²) in [4.78, 5) is 41.5. The first kappa shape index (κ1) is 62.3. The second kappa shape index (κ2) is 24.6. The van der Waals surface area contributed by atoms with E-state index in [4.69, 9.17) is 27.3 Å². The summed E-state index contributed by atoms with van der Waals surface area (Å²) >= 11 is 0. The molecule has 2 bridgehead atoms. The number of rotatable bonds is 19. The number of carboxylic acid groups (broad SMARTS) is 1. The van der Waals surface area contributed by atoms with Crippen LogP contribution in [0.5, 0.6) is 0 Å². The van der Waals surface area contributed by atoms with Crippen LogP contribution in [0.15, 0.2) is 53.4 Å². The minimum atomic E-state index is -5.86. The summed E-state index contributed by atoms with van der Waals surface area (Å²) in [5.41, 5.74) is 0.212. The zero-order valence-electron chi connectivity index (χ0n) is 41.6. The third kappa shape index (κ3) is 13.8. The number of hydrogen-bond acceptors (Lipinski definition) is 19. The van der Waals surface area contributed by atoms with Crippen LogP contribution in [-0.2, 0) is 72.5 Å². The molecule has 1 spiro atoms. The van der Waals surface area contributed by atoms with E-state index in [1.54, 1.807) is 38.1 Å². The number of hydrogen-bond donors (Lipinski definition) is 3. The number of sulfonamides is 1. The predicted octanol–water partition coefficient (Wildman–Crippen LogP) is -2.48. The molecule has 5 fully saturated rings. The monoisotopic (exact) mass is 1120 g/mol. The predicted molar refractivity (Wildman–Crippen MR) is 245 cm³/mol. The first-order valence-electron chi connectivity index (χ1n) is 23.4. The number of carboxylic acids is 1. The molecule has 72 heavy (non-hydrogen) atoms. The van der Waals surface area contributed by atoms with Gasteiger partial charge in [0.2, 0.25) is 30.8 Å². The van der Waals surface area contributed by atoms with Gasteiger partial charge in [-0.2, -0.15) is 0 Å². The van der Waals surface area contributed by atoms with Crippen molar-refractivity contribution in [1.82, 2.24) is 4.72 Å². The molecule has 1 heterocycles. The normalized spacial score (nSPS) is 32.4. The molecule has 1 aliphatic heterocycles. The van der Waals surface area contributed by atoms with Crippen molar-refractivity contribution in [1.29, 1.82) is 0 Å². The summed E-state index contributed by atoms with van der Waals surface area (Å²) in [6.07, 6.45) is -10.5. The number of aliphatic hydroxyl groups excluding tert-OH is 1. The molecule has 13 atom stereocenters. The van der Waals surface area contributed by atoms with Crippen LogP contribution < -0.4 is 112 Å². The average molecular weight is 1120 g/mol. The number of esters is 2. The summed E-state index contributed by atoms with van der Waals surface area (Å²) in [7, 11) is -12.1. The smallest absolute Gasteiger partial charge is 0.726 e. The number of anilines is 1. The largest absolute Gasteiger partial charge is 1.00 e. The van der Waals surface area contributed by atoms with E-state index in [-0.39, 0.29) is 164 Å². The number of benzene rings is 2. The first-order chi connectivity index (χ1) is 32.6. The fraction of sp³-hybridized carbons (Fsp3) is 0.674. The Kier molecular flexibility index (Phi) is 21.3. The third-order valence-corrected chi connectivity index (χ3v) is 17.6. The van der Waals surface area contributed by atoms with Crippen LogP contribution in [0.1, 0.15) is 85.0 Å². The van der Waals surface area contributed by atoms with Gasteiger partial charge in [-0.3, -0.25) is 22.7 Å². The van der Waals surface area contributed by atoms with E-state index < -0.39 is 121 Å². The van der Waals surface area contributed by atoms with Crippen LogP contribution in [0.4, 0.5) is 5.69 Å². The van der Waals surface area contributed by atoms with E-state index in [2.05, 4.69) is 11.3 Å². The zero-order valence-corrected chi connectivity index (χ0v) is 50.3. The maximum absolute atomic E-state index is 13.5. The van der Waals surface area contributed by atoms with Crippen molar-refractivity contribution >= 4 is 65.2 Å². The molecule has 13 unspecified atom stereocenters. The molecular formula is C46H62K2N2O19S3. The topological polar surface area (TPSA) is 311 Å². The summed E-state index contributed by atoms with van der Waals surface area (Å²) in [6.45, 7) is 8.20. The maximum atomic E-state index is 13.5. The summed E-state index contributed by atoms with van der Waals surface area (Å²) in [5, 5.41) is 23.5. The Morgan fingerprint density at radius 3 is 2.21 bits per heavy atom. The van der Waals surface area contributed by atoms with Crippen molar-refractivity contribution in [2.24, 2.45) is 40.4 Å². The van der Waals surface area contributed by atoms with Crippen molar-refractivity contribution < 1.29 is 189 Å². The van der Waals surface area contributed by atoms with Crippen LogP contribution >= 0.6 is 0 Å². The van der Waals surface area contributed by atoms with Crippen molar-refractivity contribution in [3.63, 3.8) is 0 Å². The van der Waals surface area contributed by atoms with Gasteiger partial charge in [-0.05, 0) is 98.2 Å². The Bertz CT molecular complexity index is 2680. The van der Waals surface area contributed by atoms with Crippen LogP contribution in [-0.4, -0.2) is 133 Å². The number of aliphatic hydroxyl groups is 1. The summed E-state index contributed by atoms with van der Waals surface area (Å²) in [5.74, 6) is -4.90. The summed E-state index contributed by atoms with van der Waals surface area (Å²) in [6, 6.07) is 10.1. The Hall–Kier alpha value is -0.547. The number of ether oxygens (including phenoxy) is 4. The third-order valence-electron chi connectivity index (χ3n) is 15.2. The van der Waals surface area contributed by atoms with Crippen LogP contribution in [0.2, 0.25) is 0 Å². The number of fused-ring (bicyclic) bond motifs is 4. The Labute approximate surface area is 506 Å². The second-order valence-corrected chi connectivity index (χ2v) is 24.0. The molecule has 3 N–H and O–H groups in total. The molecule has 4 saturated carbocycles. The first-order valence-corrected chi connectivity index (χ1v) is 27.5. The van der Waals surface area contributed by atoms with Crippen molar-refractivity contribution in [2.75, 3.05) is 32.1 Å². The number of carbonyl (C=O) groups excluding carboxylic acids is 2. The van der Waals surface area contributed by atoms with E-state index >= 15 is 0 Å². The van der Waals surface area contributed by atoms with Gasteiger partial charge in [0.05, 0.1) is 23.0 Å². The van der Waals surface area contributed by atoms with Gasteiger partial charge in [-0.25, -0.2) is 30.0 Å². The van der Waals surface area contributed by atoms with Gasteiger partial charge in [-0.15, -0.1) is 0 Å². The zero-order chi connectivity index (χ0) is 51.3. The molecular weight excluding hydrogens is 1060 g/mol. The molecule has 0 amide bonds. The van der Waals surface area contributed by atoms with E-state index in [1.807, 2.05) is 32.0 Å². The van der Waals surface area contributed by atoms with Gasteiger partial charge in [0.1, 0.15) is 24.9 Å². The molecule has 0 radical (unpaired) electrons. The second-order valence-electron chi connectivity index (χ2n) is 20.3. The Balaban J connectivity index is 0.00000481. The molecule has 390 valence electrons. The van der Waals surface area contributed by atoms with Gasteiger partial charge >= 0.3 is 121 Å². The number of nitrogens with zero attached hydrogens (tertiary/aromatic N) is 1. The van der Waals surface area contributed by atoms with Gasteiger partial charge < -0.3 is 43.2 Å². The van der Waals surface area contributed by atoms with Crippen molar-refractivity contribution in [3.05, 3.63) is 48.6 Å². The summed E-state index contributed by atoms with van der Waals surface area (Å²) < 4.78 is 136. The van der Waals surface area contributed by atoms with E-state index in [9.17, 15) is 59.0 Å². The Morgan fingerprint density at radius 2 is 1.57 bits per heavy atom. The molecule has 0 aromatic heterocycles. The minimum absolute atomic E-state index is 0. The standard InChI is InChI=1S/C46H64N2O19S3.2K/c1-25(2)20-38(50)65-41-40(67-70(59,60)61)39(66-69(56,57)58)34(24-62-37(49)14-9-19-47-68(54,55)35-13-8-10-29-30(35)11-7-12-33(29)48(5)6)64-44(41)63-28-21-31(43(52)53)32-17-18-46-22-27(26(3)42(46)51)15-16-36(46)45(32,4)23-28;;/h7-8,10-13,25,27-28,31-32,34,36,39-42,44,47,51H,3,9,14-24H2,1-2,4-6H3,(H,52,53)(H,56,57,58)(H,59,60,61);;/q;2*+1/p-2. The quantitative estimate of drug-likeness (QED) is 0.0249. The molecule has 1 saturated heterocycles. The molecule has 26 heteroatoms. The fourth-order valence-corrected chi connectivity index (χ4v) is 14.7.